The molecule has 19 heavy (non-hydrogen) atoms. The molecule has 0 spiro atoms. The van der Waals surface area contributed by atoms with Crippen LogP contribution in [0.25, 0.3) is 0 Å². The van der Waals surface area contributed by atoms with E-state index in [0.717, 1.165) is 35.0 Å². The predicted molar refractivity (Wildman–Crippen MR) is 87.2 cm³/mol. The molecule has 1 aromatic rings. The fraction of sp³-hybridized carbons (Fsp3) is 0.667. The van der Waals surface area contributed by atoms with Gasteiger partial charge in [-0.25, -0.2) is 4.68 Å². The first-order valence-corrected chi connectivity index (χ1v) is 8.69. The van der Waals surface area contributed by atoms with E-state index >= 15 is 0 Å². The van der Waals surface area contributed by atoms with Crippen LogP contribution in [0.15, 0.2) is 13.7 Å². The molecule has 1 aromatic heterocycles. The first kappa shape index (κ1) is 17.2. The molecule has 0 aliphatic carbocycles. The van der Waals surface area contributed by atoms with Crippen LogP contribution in [0.5, 0.6) is 0 Å². The van der Waals surface area contributed by atoms with Gasteiger partial charge in [0, 0.05) is 13.1 Å². The Labute approximate surface area is 139 Å². The molecule has 1 atom stereocenters. The molecule has 7 heteroatoms. The molecule has 0 unspecified atom stereocenters. The van der Waals surface area contributed by atoms with Crippen LogP contribution in [-0.4, -0.2) is 33.7 Å². The second kappa shape index (κ2) is 7.78. The highest BCUT2D eigenvalue weighted by atomic mass is 79.9. The average molecular weight is 460 g/mol. The van der Waals surface area contributed by atoms with Crippen molar-refractivity contribution in [1.29, 1.82) is 0 Å². The number of hydrogen-bond acceptors (Lipinski definition) is 2. The van der Waals surface area contributed by atoms with Gasteiger partial charge >= 0.3 is 0 Å². The molecule has 0 fully saturated rings. The first-order valence-electron chi connectivity index (χ1n) is 6.31. The Morgan fingerprint density at radius 3 is 2.16 bits per heavy atom. The minimum atomic E-state index is -0.324. The average Bonchev–Trinajstić information content (AvgIpc) is 2.64. The van der Waals surface area contributed by atoms with Crippen molar-refractivity contribution in [2.45, 2.75) is 39.7 Å². The molecular weight excluding hydrogens is 442 g/mol. The van der Waals surface area contributed by atoms with E-state index < -0.39 is 0 Å². The number of amides is 1. The van der Waals surface area contributed by atoms with E-state index in [1.54, 1.807) is 4.68 Å². The Morgan fingerprint density at radius 2 is 1.79 bits per heavy atom. The highest BCUT2D eigenvalue weighted by molar-refractivity contribution is 9.14. The van der Waals surface area contributed by atoms with E-state index in [1.165, 1.54) is 0 Å². The minimum absolute atomic E-state index is 0.104. The molecule has 0 aliphatic rings. The second-order valence-corrected chi connectivity index (χ2v) is 6.64. The normalized spacial score (nSPS) is 12.5. The quantitative estimate of drug-likeness (QED) is 0.633. The lowest BCUT2D eigenvalue weighted by molar-refractivity contribution is -0.134. The monoisotopic (exact) mass is 457 g/mol. The highest BCUT2D eigenvalue weighted by Gasteiger charge is 2.25. The summed E-state index contributed by atoms with van der Waals surface area (Å²) in [6.07, 6.45) is 1.93. The molecule has 1 rings (SSSR count). The summed E-state index contributed by atoms with van der Waals surface area (Å²) in [6.45, 7) is 7.61. The SMILES string of the molecule is CCCN(CCC)C(=O)[C@@H](C)n1nc(Br)c(Br)c1Br. The van der Waals surface area contributed by atoms with E-state index in [0.29, 0.717) is 4.60 Å². The molecule has 0 radical (unpaired) electrons. The summed E-state index contributed by atoms with van der Waals surface area (Å²) in [5.41, 5.74) is 0. The Kier molecular flexibility index (Phi) is 7.04. The van der Waals surface area contributed by atoms with Gasteiger partial charge in [0.15, 0.2) is 0 Å². The molecule has 1 heterocycles. The summed E-state index contributed by atoms with van der Waals surface area (Å²) >= 11 is 10.2. The molecule has 0 N–H and O–H groups in total. The van der Waals surface area contributed by atoms with Gasteiger partial charge in [-0.2, -0.15) is 5.10 Å². The molecule has 1 amide bonds. The second-order valence-electron chi connectivity index (χ2n) is 4.34. The van der Waals surface area contributed by atoms with Crippen LogP contribution in [-0.2, 0) is 4.79 Å². The van der Waals surface area contributed by atoms with Gasteiger partial charge in [0.1, 0.15) is 15.2 Å². The summed E-state index contributed by atoms with van der Waals surface area (Å²) in [7, 11) is 0. The Hall–Kier alpha value is 0.120. The van der Waals surface area contributed by atoms with Gasteiger partial charge in [-0.1, -0.05) is 13.8 Å². The number of halogens is 3. The zero-order valence-electron chi connectivity index (χ0n) is 11.3. The van der Waals surface area contributed by atoms with Crippen molar-refractivity contribution in [3.05, 3.63) is 13.7 Å². The Bertz CT molecular complexity index is 442. The number of aromatic nitrogens is 2. The molecule has 0 aromatic carbocycles. The maximum atomic E-state index is 12.5. The van der Waals surface area contributed by atoms with Crippen molar-refractivity contribution < 1.29 is 4.79 Å². The zero-order valence-corrected chi connectivity index (χ0v) is 16.0. The van der Waals surface area contributed by atoms with Gasteiger partial charge in [0.25, 0.3) is 0 Å². The van der Waals surface area contributed by atoms with E-state index in [9.17, 15) is 4.79 Å². The van der Waals surface area contributed by atoms with Gasteiger partial charge in [0.05, 0.1) is 4.47 Å². The van der Waals surface area contributed by atoms with Gasteiger partial charge in [-0.3, -0.25) is 4.79 Å². The summed E-state index contributed by atoms with van der Waals surface area (Å²) in [5, 5.41) is 4.33. The maximum absolute atomic E-state index is 12.5. The van der Waals surface area contributed by atoms with Gasteiger partial charge in [-0.15, -0.1) is 0 Å². The van der Waals surface area contributed by atoms with Crippen LogP contribution >= 0.6 is 47.8 Å². The molecule has 108 valence electrons. The van der Waals surface area contributed by atoms with Crippen LogP contribution < -0.4 is 0 Å². The summed E-state index contributed by atoms with van der Waals surface area (Å²) < 4.78 is 3.98. The van der Waals surface area contributed by atoms with Crippen molar-refractivity contribution in [2.24, 2.45) is 0 Å². The van der Waals surface area contributed by atoms with Gasteiger partial charge < -0.3 is 4.90 Å². The first-order chi connectivity index (χ1) is 8.93. The van der Waals surface area contributed by atoms with Crippen LogP contribution in [0, 0.1) is 0 Å². The topological polar surface area (TPSA) is 38.1 Å². The highest BCUT2D eigenvalue weighted by Crippen LogP contribution is 2.32. The van der Waals surface area contributed by atoms with Gasteiger partial charge in [0.2, 0.25) is 5.91 Å². The third-order valence-electron chi connectivity index (χ3n) is 2.78. The van der Waals surface area contributed by atoms with E-state index in [4.69, 9.17) is 0 Å². The summed E-state index contributed by atoms with van der Waals surface area (Å²) in [6, 6.07) is -0.324. The van der Waals surface area contributed by atoms with Crippen molar-refractivity contribution >= 4 is 53.7 Å². The van der Waals surface area contributed by atoms with Crippen molar-refractivity contribution in [1.82, 2.24) is 14.7 Å². The lowest BCUT2D eigenvalue weighted by atomic mass is 10.2. The fourth-order valence-electron chi connectivity index (χ4n) is 1.87. The molecule has 0 saturated carbocycles. The van der Waals surface area contributed by atoms with Crippen molar-refractivity contribution in [3.8, 4) is 0 Å². The van der Waals surface area contributed by atoms with Crippen LogP contribution in [0.3, 0.4) is 0 Å². The van der Waals surface area contributed by atoms with Crippen LogP contribution in [0.4, 0.5) is 0 Å². The number of carbonyl (C=O) groups is 1. The van der Waals surface area contributed by atoms with Crippen molar-refractivity contribution in [2.75, 3.05) is 13.1 Å². The fourth-order valence-corrected chi connectivity index (χ4v) is 3.33. The Balaban J connectivity index is 2.93. The van der Waals surface area contributed by atoms with E-state index in [1.807, 2.05) is 11.8 Å². The zero-order chi connectivity index (χ0) is 14.6. The van der Waals surface area contributed by atoms with Gasteiger partial charge in [-0.05, 0) is 67.6 Å². The van der Waals surface area contributed by atoms with Crippen molar-refractivity contribution in [3.63, 3.8) is 0 Å². The summed E-state index contributed by atoms with van der Waals surface area (Å²) in [5.74, 6) is 0.104. The number of nitrogens with zero attached hydrogens (tertiary/aromatic N) is 3. The molecular formula is C12H18Br3N3O. The number of carbonyl (C=O) groups excluding carboxylic acids is 1. The molecule has 0 saturated heterocycles. The Morgan fingerprint density at radius 1 is 1.26 bits per heavy atom. The minimum Gasteiger partial charge on any atom is -0.341 e. The van der Waals surface area contributed by atoms with Crippen LogP contribution in [0.1, 0.15) is 39.7 Å². The largest absolute Gasteiger partial charge is 0.341 e. The molecule has 4 nitrogen and oxygen atoms in total. The molecule has 0 aliphatic heterocycles. The number of rotatable bonds is 6. The third kappa shape index (κ3) is 4.04. The standard InChI is InChI=1S/C12H18Br3N3O/c1-4-6-17(7-5-2)12(19)8(3)18-11(15)9(13)10(14)16-18/h8H,4-7H2,1-3H3/t8-/m1/s1. The summed E-state index contributed by atoms with van der Waals surface area (Å²) in [4.78, 5) is 14.4. The molecule has 0 bridgehead atoms. The third-order valence-corrected chi connectivity index (χ3v) is 5.91. The van der Waals surface area contributed by atoms with Crippen LogP contribution in [0.2, 0.25) is 0 Å². The lowest BCUT2D eigenvalue weighted by Gasteiger charge is -2.25. The predicted octanol–water partition coefficient (Wildman–Crippen LogP) is 4.38. The van der Waals surface area contributed by atoms with E-state index in [-0.39, 0.29) is 11.9 Å². The lowest BCUT2D eigenvalue weighted by Crippen LogP contribution is -2.37. The maximum Gasteiger partial charge on any atom is 0.247 e. The number of hydrogen-bond donors (Lipinski definition) is 0. The van der Waals surface area contributed by atoms with E-state index in [2.05, 4.69) is 66.7 Å². The smallest absolute Gasteiger partial charge is 0.247 e.